The van der Waals surface area contributed by atoms with Crippen LogP contribution >= 0.6 is 0 Å². The van der Waals surface area contributed by atoms with Crippen LogP contribution in [0.25, 0.3) is 17.2 Å². The summed E-state index contributed by atoms with van der Waals surface area (Å²) in [6.07, 6.45) is -0.838. The average molecular weight is 546 g/mol. The fraction of sp³-hybridized carbons (Fsp3) is 0.241. The number of alkyl halides is 3. The maximum atomic E-state index is 13.3. The third-order valence-electron chi connectivity index (χ3n) is 6.94. The van der Waals surface area contributed by atoms with Gasteiger partial charge < -0.3 is 9.30 Å². The summed E-state index contributed by atoms with van der Waals surface area (Å²) in [5, 5.41) is 4.74. The molecule has 0 saturated heterocycles. The van der Waals surface area contributed by atoms with Crippen molar-refractivity contribution in [3.8, 4) is 23.1 Å². The molecule has 0 saturated carbocycles. The first kappa shape index (κ1) is 25.8. The van der Waals surface area contributed by atoms with Crippen LogP contribution in [-0.4, -0.2) is 47.9 Å². The summed E-state index contributed by atoms with van der Waals surface area (Å²) in [4.78, 5) is 16.0. The second-order valence-electron chi connectivity index (χ2n) is 9.64. The highest BCUT2D eigenvalue weighted by molar-refractivity contribution is 5.55. The molecule has 40 heavy (non-hydrogen) atoms. The number of fused-ring (bicyclic) bond motifs is 1. The largest absolute Gasteiger partial charge is 0.479 e. The van der Waals surface area contributed by atoms with E-state index in [2.05, 4.69) is 14.9 Å². The minimum atomic E-state index is -4.41. The lowest BCUT2D eigenvalue weighted by atomic mass is 10.00. The zero-order valence-electron chi connectivity index (χ0n) is 21.9. The molecular formula is C29H26F3N7O. The number of nitrogens with zero attached hydrogens (tertiary/aromatic N) is 7. The highest BCUT2D eigenvalue weighted by atomic mass is 19.4. The van der Waals surface area contributed by atoms with Gasteiger partial charge in [-0.05, 0) is 42.3 Å². The molecule has 8 nitrogen and oxygen atoms in total. The molecule has 6 rings (SSSR count). The Hall–Kier alpha value is -4.51. The zero-order valence-corrected chi connectivity index (χ0v) is 21.9. The molecule has 1 aliphatic heterocycles. The smallest absolute Gasteiger partial charge is 0.416 e. The van der Waals surface area contributed by atoms with E-state index in [9.17, 15) is 13.2 Å². The number of benzene rings is 2. The van der Waals surface area contributed by atoms with Crippen molar-refractivity contribution in [3.05, 3.63) is 107 Å². The van der Waals surface area contributed by atoms with E-state index in [1.807, 2.05) is 64.8 Å². The second-order valence-corrected chi connectivity index (χ2v) is 9.64. The quantitative estimate of drug-likeness (QED) is 0.282. The maximum absolute atomic E-state index is 13.3. The van der Waals surface area contributed by atoms with E-state index in [4.69, 9.17) is 14.8 Å². The molecule has 0 bridgehead atoms. The number of aryl methyl sites for hydroxylation is 1. The Morgan fingerprint density at radius 3 is 2.40 bits per heavy atom. The van der Waals surface area contributed by atoms with Crippen molar-refractivity contribution in [1.29, 1.82) is 0 Å². The van der Waals surface area contributed by atoms with Crippen molar-refractivity contribution in [3.63, 3.8) is 0 Å². The number of imidazole rings is 1. The molecule has 11 heteroatoms. The number of ether oxygens (including phenoxy) is 1. The van der Waals surface area contributed by atoms with Crippen LogP contribution < -0.4 is 4.74 Å². The summed E-state index contributed by atoms with van der Waals surface area (Å²) in [5.41, 5.74) is 3.24. The minimum Gasteiger partial charge on any atom is -0.479 e. The van der Waals surface area contributed by atoms with Gasteiger partial charge in [0, 0.05) is 19.3 Å². The fourth-order valence-corrected chi connectivity index (χ4v) is 5.00. The van der Waals surface area contributed by atoms with Crippen molar-refractivity contribution >= 4 is 0 Å². The summed E-state index contributed by atoms with van der Waals surface area (Å²) in [7, 11) is 1.55. The number of pyridine rings is 1. The first-order valence-electron chi connectivity index (χ1n) is 12.8. The standard InChI is InChI=1S/C29H26F3N7O/c1-19-16-38(18-33-19)24-13-12-23(34-28(24)40-2)26-35-27-25(21-8-10-22(11-9-21)29(30,31)32)37(14-15-39(27)36-26)17-20-6-4-3-5-7-20/h3-13,16,18,25H,14-15,17H2,1-2H3. The maximum Gasteiger partial charge on any atom is 0.416 e. The van der Waals surface area contributed by atoms with Crippen molar-refractivity contribution in [2.45, 2.75) is 32.2 Å². The SMILES string of the molecule is COc1nc(-c2nc3n(n2)CCN(Cc2ccccc2)C3c2ccc(C(F)(F)F)cc2)ccc1-n1cnc(C)c1. The van der Waals surface area contributed by atoms with Crippen LogP contribution in [0.3, 0.4) is 0 Å². The molecule has 204 valence electrons. The summed E-state index contributed by atoms with van der Waals surface area (Å²) in [6.45, 7) is 3.74. The molecule has 5 aromatic rings. The Bertz CT molecular complexity index is 1630. The average Bonchev–Trinajstić information content (AvgIpc) is 3.59. The van der Waals surface area contributed by atoms with E-state index in [1.54, 1.807) is 13.4 Å². The molecular weight excluding hydrogens is 519 g/mol. The van der Waals surface area contributed by atoms with E-state index in [-0.39, 0.29) is 0 Å². The number of hydrogen-bond donors (Lipinski definition) is 0. The monoisotopic (exact) mass is 545 g/mol. The Kier molecular flexibility index (Phi) is 6.59. The highest BCUT2D eigenvalue weighted by Gasteiger charge is 2.34. The molecule has 3 aromatic heterocycles. The summed E-state index contributed by atoms with van der Waals surface area (Å²) < 4.78 is 49.1. The van der Waals surface area contributed by atoms with Crippen molar-refractivity contribution < 1.29 is 17.9 Å². The third-order valence-corrected chi connectivity index (χ3v) is 6.94. The van der Waals surface area contributed by atoms with Gasteiger partial charge in [-0.15, -0.1) is 5.10 Å². The van der Waals surface area contributed by atoms with E-state index >= 15 is 0 Å². The van der Waals surface area contributed by atoms with Crippen molar-refractivity contribution in [2.24, 2.45) is 0 Å². The summed E-state index contributed by atoms with van der Waals surface area (Å²) in [5.74, 6) is 1.46. The number of rotatable bonds is 6. The highest BCUT2D eigenvalue weighted by Crippen LogP contribution is 2.36. The summed E-state index contributed by atoms with van der Waals surface area (Å²) in [6, 6.07) is 18.6. The van der Waals surface area contributed by atoms with Gasteiger partial charge in [0.05, 0.1) is 37.3 Å². The first-order valence-corrected chi connectivity index (χ1v) is 12.8. The van der Waals surface area contributed by atoms with E-state index in [0.29, 0.717) is 48.4 Å². The van der Waals surface area contributed by atoms with Crippen LogP contribution in [0.5, 0.6) is 5.88 Å². The van der Waals surface area contributed by atoms with Gasteiger partial charge in [0.15, 0.2) is 5.82 Å². The van der Waals surface area contributed by atoms with Gasteiger partial charge in [-0.3, -0.25) is 4.90 Å². The number of halogens is 3. The van der Waals surface area contributed by atoms with Gasteiger partial charge in [-0.2, -0.15) is 13.2 Å². The molecule has 0 amide bonds. The van der Waals surface area contributed by atoms with Crippen LogP contribution in [0.1, 0.15) is 34.3 Å². The molecule has 1 unspecified atom stereocenters. The Balaban J connectivity index is 1.39. The van der Waals surface area contributed by atoms with Crippen LogP contribution in [0.4, 0.5) is 13.2 Å². The number of aromatic nitrogens is 6. The zero-order chi connectivity index (χ0) is 27.9. The van der Waals surface area contributed by atoms with Crippen molar-refractivity contribution in [2.75, 3.05) is 13.7 Å². The normalized spacial score (nSPS) is 15.7. The molecule has 0 fully saturated rings. The van der Waals surface area contributed by atoms with Crippen LogP contribution in [0, 0.1) is 6.92 Å². The fourth-order valence-electron chi connectivity index (χ4n) is 5.00. The molecule has 1 aliphatic rings. The lowest BCUT2D eigenvalue weighted by molar-refractivity contribution is -0.137. The predicted octanol–water partition coefficient (Wildman–Crippen LogP) is 5.47. The number of methoxy groups -OCH3 is 1. The molecule has 0 aliphatic carbocycles. The molecule has 1 atom stereocenters. The van der Waals surface area contributed by atoms with Gasteiger partial charge in [-0.1, -0.05) is 42.5 Å². The van der Waals surface area contributed by atoms with Gasteiger partial charge in [0.2, 0.25) is 5.88 Å². The van der Waals surface area contributed by atoms with E-state index < -0.39 is 17.8 Å². The number of hydrogen-bond acceptors (Lipinski definition) is 6. The lowest BCUT2D eigenvalue weighted by Crippen LogP contribution is -2.39. The second kappa shape index (κ2) is 10.2. The molecule has 4 heterocycles. The van der Waals surface area contributed by atoms with Gasteiger partial charge >= 0.3 is 6.18 Å². The van der Waals surface area contributed by atoms with Crippen LogP contribution in [-0.2, 0) is 19.3 Å². The summed E-state index contributed by atoms with van der Waals surface area (Å²) >= 11 is 0. The first-order chi connectivity index (χ1) is 19.3. The predicted molar refractivity (Wildman–Crippen MR) is 142 cm³/mol. The van der Waals surface area contributed by atoms with E-state index in [0.717, 1.165) is 29.1 Å². The van der Waals surface area contributed by atoms with Crippen LogP contribution in [0.2, 0.25) is 0 Å². The lowest BCUT2D eigenvalue weighted by Gasteiger charge is -2.35. The topological polar surface area (TPSA) is 73.9 Å². The molecule has 0 spiro atoms. The molecule has 0 N–H and O–H groups in total. The Morgan fingerprint density at radius 2 is 1.73 bits per heavy atom. The Labute approximate surface area is 228 Å². The molecule has 0 radical (unpaired) electrons. The van der Waals surface area contributed by atoms with Crippen molar-refractivity contribution in [1.82, 2.24) is 34.2 Å². The van der Waals surface area contributed by atoms with Gasteiger partial charge in [0.1, 0.15) is 17.2 Å². The van der Waals surface area contributed by atoms with E-state index in [1.165, 1.54) is 12.1 Å². The van der Waals surface area contributed by atoms with Gasteiger partial charge in [0.25, 0.3) is 0 Å². The Morgan fingerprint density at radius 1 is 0.950 bits per heavy atom. The molecule has 2 aromatic carbocycles. The minimum absolute atomic E-state index is 0.396. The van der Waals surface area contributed by atoms with Gasteiger partial charge in [-0.25, -0.2) is 19.6 Å². The van der Waals surface area contributed by atoms with Crippen LogP contribution in [0.15, 0.2) is 79.3 Å². The third kappa shape index (κ3) is 4.95.